The van der Waals surface area contributed by atoms with Crippen LogP contribution in [0.3, 0.4) is 0 Å². The minimum Gasteiger partial charge on any atom is -0.354 e. The van der Waals surface area contributed by atoms with Crippen molar-refractivity contribution in [2.75, 3.05) is 31.1 Å². The lowest BCUT2D eigenvalue weighted by Gasteiger charge is -2.35. The molecule has 0 spiro atoms. The molecule has 0 aromatic carbocycles. The molecular formula is C21H33N5O2S2. The van der Waals surface area contributed by atoms with E-state index in [4.69, 9.17) is 0 Å². The van der Waals surface area contributed by atoms with Gasteiger partial charge in [0.1, 0.15) is 10.7 Å². The summed E-state index contributed by atoms with van der Waals surface area (Å²) in [4.78, 5) is 14.0. The number of thiazole rings is 1. The van der Waals surface area contributed by atoms with Gasteiger partial charge in [-0.05, 0) is 46.2 Å². The average Bonchev–Trinajstić information content (AvgIpc) is 3.15. The molecule has 3 heterocycles. The molecule has 2 aromatic rings. The summed E-state index contributed by atoms with van der Waals surface area (Å²) in [6.45, 7) is 14.2. The number of piperazine rings is 1. The summed E-state index contributed by atoms with van der Waals surface area (Å²) in [6.07, 6.45) is 2.48. The van der Waals surface area contributed by atoms with Gasteiger partial charge in [0.25, 0.3) is 0 Å². The fraction of sp³-hybridized carbons (Fsp3) is 0.619. The van der Waals surface area contributed by atoms with Crippen LogP contribution in [-0.2, 0) is 23.0 Å². The molecule has 166 valence electrons. The van der Waals surface area contributed by atoms with Gasteiger partial charge in [-0.15, -0.1) is 11.3 Å². The Kier molecular flexibility index (Phi) is 7.49. The van der Waals surface area contributed by atoms with Crippen LogP contribution >= 0.6 is 11.3 Å². The van der Waals surface area contributed by atoms with Gasteiger partial charge in [-0.25, -0.2) is 18.4 Å². The molecule has 0 atom stereocenters. The predicted octanol–water partition coefficient (Wildman–Crippen LogP) is 3.23. The monoisotopic (exact) mass is 451 g/mol. The summed E-state index contributed by atoms with van der Waals surface area (Å²) in [6, 6.07) is 3.31. The maximum atomic E-state index is 13.0. The molecule has 0 saturated carbocycles. The molecule has 0 N–H and O–H groups in total. The summed E-state index contributed by atoms with van der Waals surface area (Å²) in [7, 11) is -3.55. The SMILES string of the molecule is CCc1nc(CN2CCN(c3ccc(S(=O)(=O)N(C(C)C)C(C)C)cn3)CC2)cs1. The van der Waals surface area contributed by atoms with E-state index in [1.807, 2.05) is 33.8 Å². The third kappa shape index (κ3) is 5.19. The molecule has 0 radical (unpaired) electrons. The highest BCUT2D eigenvalue weighted by atomic mass is 32.2. The Morgan fingerprint density at radius 1 is 1.10 bits per heavy atom. The van der Waals surface area contributed by atoms with Crippen molar-refractivity contribution in [1.29, 1.82) is 0 Å². The second-order valence-electron chi connectivity index (χ2n) is 8.22. The summed E-state index contributed by atoms with van der Waals surface area (Å²) in [5, 5.41) is 3.35. The van der Waals surface area contributed by atoms with Gasteiger partial charge in [0.15, 0.2) is 0 Å². The quantitative estimate of drug-likeness (QED) is 0.614. The van der Waals surface area contributed by atoms with E-state index in [1.54, 1.807) is 17.4 Å². The minimum atomic E-state index is -3.55. The number of rotatable bonds is 8. The first-order valence-corrected chi connectivity index (χ1v) is 12.9. The van der Waals surface area contributed by atoms with Crippen LogP contribution < -0.4 is 4.90 Å². The zero-order valence-corrected chi connectivity index (χ0v) is 20.2. The van der Waals surface area contributed by atoms with E-state index in [2.05, 4.69) is 32.1 Å². The fourth-order valence-corrected chi connectivity index (χ4v) is 6.45. The first-order valence-electron chi connectivity index (χ1n) is 10.6. The van der Waals surface area contributed by atoms with E-state index < -0.39 is 10.0 Å². The highest BCUT2D eigenvalue weighted by Gasteiger charge is 2.30. The lowest BCUT2D eigenvalue weighted by atomic mass is 10.3. The molecule has 3 rings (SSSR count). The molecule has 9 heteroatoms. The molecule has 1 fully saturated rings. The largest absolute Gasteiger partial charge is 0.354 e. The van der Waals surface area contributed by atoms with E-state index in [9.17, 15) is 8.42 Å². The third-order valence-electron chi connectivity index (χ3n) is 5.30. The van der Waals surface area contributed by atoms with Crippen molar-refractivity contribution in [1.82, 2.24) is 19.2 Å². The molecule has 1 aliphatic heterocycles. The Labute approximate surface area is 184 Å². The fourth-order valence-electron chi connectivity index (χ4n) is 3.93. The third-order valence-corrected chi connectivity index (χ3v) is 8.58. The summed E-state index contributed by atoms with van der Waals surface area (Å²) in [5.41, 5.74) is 1.15. The molecular weight excluding hydrogens is 418 g/mol. The lowest BCUT2D eigenvalue weighted by molar-refractivity contribution is 0.247. The van der Waals surface area contributed by atoms with E-state index in [0.717, 1.165) is 50.7 Å². The van der Waals surface area contributed by atoms with Crippen LogP contribution in [0, 0.1) is 0 Å². The van der Waals surface area contributed by atoms with Crippen LogP contribution in [0.15, 0.2) is 28.6 Å². The zero-order valence-electron chi connectivity index (χ0n) is 18.6. The van der Waals surface area contributed by atoms with Gasteiger partial charge in [0, 0.05) is 56.4 Å². The highest BCUT2D eigenvalue weighted by Crippen LogP contribution is 2.23. The Bertz CT molecular complexity index is 909. The van der Waals surface area contributed by atoms with Gasteiger partial charge < -0.3 is 4.90 Å². The van der Waals surface area contributed by atoms with Crippen molar-refractivity contribution in [2.24, 2.45) is 0 Å². The lowest BCUT2D eigenvalue weighted by Crippen LogP contribution is -2.46. The predicted molar refractivity (Wildman–Crippen MR) is 123 cm³/mol. The van der Waals surface area contributed by atoms with Crippen LogP contribution in [0.2, 0.25) is 0 Å². The van der Waals surface area contributed by atoms with Crippen LogP contribution in [0.4, 0.5) is 5.82 Å². The van der Waals surface area contributed by atoms with Crippen molar-refractivity contribution in [3.8, 4) is 0 Å². The molecule has 1 saturated heterocycles. The van der Waals surface area contributed by atoms with E-state index in [-0.39, 0.29) is 17.0 Å². The highest BCUT2D eigenvalue weighted by molar-refractivity contribution is 7.89. The molecule has 0 amide bonds. The van der Waals surface area contributed by atoms with Gasteiger partial charge >= 0.3 is 0 Å². The number of hydrogen-bond acceptors (Lipinski definition) is 7. The Balaban J connectivity index is 1.62. The average molecular weight is 452 g/mol. The Morgan fingerprint density at radius 2 is 1.77 bits per heavy atom. The van der Waals surface area contributed by atoms with E-state index in [1.165, 1.54) is 15.5 Å². The molecule has 0 aliphatic carbocycles. The van der Waals surface area contributed by atoms with Crippen LogP contribution in [0.1, 0.15) is 45.3 Å². The molecule has 2 aromatic heterocycles. The normalized spacial score (nSPS) is 16.2. The number of aryl methyl sites for hydroxylation is 1. The van der Waals surface area contributed by atoms with Gasteiger partial charge in [-0.3, -0.25) is 4.90 Å². The number of nitrogens with zero attached hydrogens (tertiary/aromatic N) is 5. The maximum absolute atomic E-state index is 13.0. The maximum Gasteiger partial charge on any atom is 0.245 e. The molecule has 0 bridgehead atoms. The number of pyridine rings is 1. The number of hydrogen-bond donors (Lipinski definition) is 0. The van der Waals surface area contributed by atoms with Crippen LogP contribution in [0.25, 0.3) is 0 Å². The van der Waals surface area contributed by atoms with Crippen molar-refractivity contribution in [2.45, 2.75) is 64.6 Å². The topological polar surface area (TPSA) is 69.6 Å². The summed E-state index contributed by atoms with van der Waals surface area (Å²) in [5.74, 6) is 0.830. The van der Waals surface area contributed by atoms with Gasteiger partial charge in [0.05, 0.1) is 10.7 Å². The minimum absolute atomic E-state index is 0.103. The first kappa shape index (κ1) is 23.1. The van der Waals surface area contributed by atoms with Gasteiger partial charge in [-0.2, -0.15) is 4.31 Å². The summed E-state index contributed by atoms with van der Waals surface area (Å²) < 4.78 is 27.5. The first-order chi connectivity index (χ1) is 14.2. The second-order valence-corrected chi connectivity index (χ2v) is 11.0. The number of anilines is 1. The smallest absolute Gasteiger partial charge is 0.245 e. The van der Waals surface area contributed by atoms with E-state index in [0.29, 0.717) is 0 Å². The molecule has 7 nitrogen and oxygen atoms in total. The van der Waals surface area contributed by atoms with Crippen molar-refractivity contribution in [3.05, 3.63) is 34.4 Å². The van der Waals surface area contributed by atoms with E-state index >= 15 is 0 Å². The molecule has 1 aliphatic rings. The second kappa shape index (κ2) is 9.72. The Morgan fingerprint density at radius 3 is 2.27 bits per heavy atom. The molecule has 0 unspecified atom stereocenters. The van der Waals surface area contributed by atoms with Crippen molar-refractivity contribution >= 4 is 27.2 Å². The zero-order chi connectivity index (χ0) is 21.9. The van der Waals surface area contributed by atoms with Crippen LogP contribution in [-0.4, -0.2) is 65.9 Å². The van der Waals surface area contributed by atoms with Crippen molar-refractivity contribution < 1.29 is 8.42 Å². The van der Waals surface area contributed by atoms with Crippen molar-refractivity contribution in [3.63, 3.8) is 0 Å². The molecule has 30 heavy (non-hydrogen) atoms. The van der Waals surface area contributed by atoms with Gasteiger partial charge in [0.2, 0.25) is 10.0 Å². The standard InChI is InChI=1S/C21H33N5O2S2/c1-6-21-23-18(15-29-21)14-24-9-11-25(12-10-24)20-8-7-19(13-22-20)30(27,28)26(16(2)3)17(4)5/h7-8,13,15-17H,6,9-12,14H2,1-5H3. The number of sulfonamides is 1. The number of aromatic nitrogens is 2. The Hall–Kier alpha value is -1.55. The van der Waals surface area contributed by atoms with Gasteiger partial charge in [-0.1, -0.05) is 6.92 Å². The van der Waals surface area contributed by atoms with Crippen LogP contribution in [0.5, 0.6) is 0 Å². The summed E-state index contributed by atoms with van der Waals surface area (Å²) >= 11 is 1.73.